The van der Waals surface area contributed by atoms with Gasteiger partial charge in [-0.25, -0.2) is 0 Å². The first-order chi connectivity index (χ1) is 8.81. The van der Waals surface area contributed by atoms with E-state index in [0.717, 1.165) is 6.54 Å². The number of amides is 1. The molecule has 1 unspecified atom stereocenters. The van der Waals surface area contributed by atoms with Crippen LogP contribution in [-0.2, 0) is 4.79 Å². The first kappa shape index (κ1) is 14.5. The first-order valence-corrected chi connectivity index (χ1v) is 7.72. The van der Waals surface area contributed by atoms with Gasteiger partial charge in [0.2, 0.25) is 5.91 Å². The normalized spacial score (nSPS) is 20.6. The highest BCUT2D eigenvalue weighted by atomic mass is 32.1. The van der Waals surface area contributed by atoms with Crippen molar-refractivity contribution in [3.05, 3.63) is 21.9 Å². The maximum atomic E-state index is 12.1. The predicted molar refractivity (Wildman–Crippen MR) is 80.1 cm³/mol. The van der Waals surface area contributed by atoms with E-state index < -0.39 is 0 Å². The molecule has 0 aromatic carbocycles. The van der Waals surface area contributed by atoms with Crippen LogP contribution in [0.3, 0.4) is 0 Å². The number of carbonyl (C=O) groups excluding carboxylic acids is 1. The van der Waals surface area contributed by atoms with Gasteiger partial charge in [-0.05, 0) is 30.4 Å². The molecule has 2 rings (SSSR count). The predicted octanol–water partition coefficient (Wildman–Crippen LogP) is 3.17. The molecule has 0 aliphatic carbocycles. The summed E-state index contributed by atoms with van der Waals surface area (Å²) in [5.74, 6) is 0.761. The molecule has 19 heavy (non-hydrogen) atoms. The molecule has 1 fully saturated rings. The van der Waals surface area contributed by atoms with E-state index in [1.54, 1.807) is 11.3 Å². The molecule has 1 aliphatic heterocycles. The number of thiophene rings is 1. The van der Waals surface area contributed by atoms with Crippen molar-refractivity contribution >= 4 is 17.2 Å². The Morgan fingerprint density at radius 2 is 2.16 bits per heavy atom. The van der Waals surface area contributed by atoms with E-state index in [9.17, 15) is 4.79 Å². The molecule has 0 spiro atoms. The maximum absolute atomic E-state index is 12.1. The van der Waals surface area contributed by atoms with E-state index in [4.69, 9.17) is 0 Å². The van der Waals surface area contributed by atoms with Gasteiger partial charge < -0.3 is 4.90 Å². The van der Waals surface area contributed by atoms with Crippen LogP contribution in [0, 0.1) is 18.3 Å². The fourth-order valence-electron chi connectivity index (χ4n) is 2.20. The summed E-state index contributed by atoms with van der Waals surface area (Å²) in [7, 11) is 0. The second kappa shape index (κ2) is 5.25. The van der Waals surface area contributed by atoms with E-state index >= 15 is 0 Å². The van der Waals surface area contributed by atoms with Crippen molar-refractivity contribution in [3.8, 4) is 0 Å². The van der Waals surface area contributed by atoms with E-state index in [1.165, 1.54) is 9.75 Å². The summed E-state index contributed by atoms with van der Waals surface area (Å²) in [6.07, 6.45) is 0.0595. The largest absolute Gasteiger partial charge is 0.320 e. The van der Waals surface area contributed by atoms with Crippen LogP contribution in [0.5, 0.6) is 0 Å². The molecule has 0 radical (unpaired) electrons. The van der Waals surface area contributed by atoms with Crippen molar-refractivity contribution in [3.63, 3.8) is 0 Å². The van der Waals surface area contributed by atoms with Crippen LogP contribution in [0.4, 0.5) is 0 Å². The quantitative estimate of drug-likeness (QED) is 0.919. The van der Waals surface area contributed by atoms with Crippen molar-refractivity contribution in [2.45, 2.75) is 40.8 Å². The summed E-state index contributed by atoms with van der Waals surface area (Å²) in [6, 6.07) is 4.25. The van der Waals surface area contributed by atoms with Gasteiger partial charge in [-0.15, -0.1) is 11.3 Å². The summed E-state index contributed by atoms with van der Waals surface area (Å²) in [5, 5.41) is 3.33. The number of aryl methyl sites for hydroxylation is 1. The fraction of sp³-hybridized carbons (Fsp3) is 0.667. The summed E-state index contributed by atoms with van der Waals surface area (Å²) in [4.78, 5) is 16.7. The van der Waals surface area contributed by atoms with E-state index in [0.29, 0.717) is 12.5 Å². The number of carbonyl (C=O) groups is 1. The third-order valence-electron chi connectivity index (χ3n) is 4.25. The topological polar surface area (TPSA) is 32.3 Å². The van der Waals surface area contributed by atoms with Gasteiger partial charge in [0, 0.05) is 16.3 Å². The lowest BCUT2D eigenvalue weighted by Crippen LogP contribution is -2.40. The zero-order chi connectivity index (χ0) is 14.2. The van der Waals surface area contributed by atoms with Gasteiger partial charge in [0.25, 0.3) is 0 Å². The Hall–Kier alpha value is -0.870. The minimum absolute atomic E-state index is 0.0595. The van der Waals surface area contributed by atoms with E-state index in [-0.39, 0.29) is 17.5 Å². The molecule has 3 nitrogen and oxygen atoms in total. The van der Waals surface area contributed by atoms with Crippen molar-refractivity contribution in [1.82, 2.24) is 10.2 Å². The van der Waals surface area contributed by atoms with Gasteiger partial charge in [0.1, 0.15) is 6.17 Å². The monoisotopic (exact) mass is 280 g/mol. The number of nitrogens with zero attached hydrogens (tertiary/aromatic N) is 1. The van der Waals surface area contributed by atoms with Crippen molar-refractivity contribution in [2.75, 3.05) is 13.1 Å². The zero-order valence-corrected chi connectivity index (χ0v) is 13.3. The van der Waals surface area contributed by atoms with Gasteiger partial charge in [-0.2, -0.15) is 0 Å². The fourth-order valence-corrected chi connectivity index (χ4v) is 3.16. The highest BCUT2D eigenvalue weighted by Gasteiger charge is 2.37. The number of nitrogens with one attached hydrogen (secondary N) is 1. The molecular weight excluding hydrogens is 256 g/mol. The molecule has 1 amide bonds. The van der Waals surface area contributed by atoms with Crippen LogP contribution >= 0.6 is 11.3 Å². The standard InChI is InChI=1S/C15H24N2OS/c1-10(2)15(4,5)9-17-13(18)8-16-14(17)12-7-6-11(3)19-12/h6-7,10,14,16H,8-9H2,1-5H3. The molecule has 2 heterocycles. The first-order valence-electron chi connectivity index (χ1n) is 6.90. The maximum Gasteiger partial charge on any atom is 0.238 e. The van der Waals surface area contributed by atoms with Crippen LogP contribution in [0.15, 0.2) is 12.1 Å². The second-order valence-electron chi connectivity index (χ2n) is 6.40. The van der Waals surface area contributed by atoms with E-state index in [2.05, 4.69) is 52.1 Å². The second-order valence-corrected chi connectivity index (χ2v) is 7.72. The molecule has 1 N–H and O–H groups in total. The Balaban J connectivity index is 2.19. The van der Waals surface area contributed by atoms with Gasteiger partial charge in [0.05, 0.1) is 6.54 Å². The van der Waals surface area contributed by atoms with Crippen LogP contribution < -0.4 is 5.32 Å². The summed E-state index contributed by atoms with van der Waals surface area (Å²) in [6.45, 7) is 12.3. The molecule has 4 heteroatoms. The minimum atomic E-state index is 0.0595. The molecule has 1 atom stereocenters. The number of rotatable bonds is 4. The van der Waals surface area contributed by atoms with Crippen LogP contribution in [0.2, 0.25) is 0 Å². The third-order valence-corrected chi connectivity index (χ3v) is 5.30. The molecule has 0 bridgehead atoms. The van der Waals surface area contributed by atoms with Gasteiger partial charge in [0.15, 0.2) is 0 Å². The van der Waals surface area contributed by atoms with Gasteiger partial charge in [-0.1, -0.05) is 27.7 Å². The average Bonchev–Trinajstić information content (AvgIpc) is 2.86. The van der Waals surface area contributed by atoms with Crippen molar-refractivity contribution in [1.29, 1.82) is 0 Å². The SMILES string of the molecule is Cc1ccc(C2NCC(=O)N2CC(C)(C)C(C)C)s1. The van der Waals surface area contributed by atoms with Crippen molar-refractivity contribution < 1.29 is 4.79 Å². The summed E-state index contributed by atoms with van der Waals surface area (Å²) < 4.78 is 0. The Morgan fingerprint density at radius 3 is 2.68 bits per heavy atom. The molecule has 1 saturated heterocycles. The molecule has 106 valence electrons. The summed E-state index contributed by atoms with van der Waals surface area (Å²) in [5.41, 5.74) is 0.131. The average molecular weight is 280 g/mol. The Bertz CT molecular complexity index is 464. The number of hydrogen-bond acceptors (Lipinski definition) is 3. The zero-order valence-electron chi connectivity index (χ0n) is 12.5. The Morgan fingerprint density at radius 1 is 1.47 bits per heavy atom. The third kappa shape index (κ3) is 3.00. The Kier molecular flexibility index (Phi) is 4.02. The molecular formula is C15H24N2OS. The summed E-state index contributed by atoms with van der Waals surface area (Å²) >= 11 is 1.77. The molecule has 0 saturated carbocycles. The lowest BCUT2D eigenvalue weighted by molar-refractivity contribution is -0.129. The van der Waals surface area contributed by atoms with Crippen LogP contribution in [0.25, 0.3) is 0 Å². The van der Waals surface area contributed by atoms with Crippen molar-refractivity contribution in [2.24, 2.45) is 11.3 Å². The lowest BCUT2D eigenvalue weighted by atomic mass is 9.80. The molecule has 1 aromatic rings. The number of hydrogen-bond donors (Lipinski definition) is 1. The minimum Gasteiger partial charge on any atom is -0.320 e. The molecule has 1 aliphatic rings. The van der Waals surface area contributed by atoms with Crippen LogP contribution in [-0.4, -0.2) is 23.9 Å². The van der Waals surface area contributed by atoms with Gasteiger partial charge >= 0.3 is 0 Å². The lowest BCUT2D eigenvalue weighted by Gasteiger charge is -2.36. The van der Waals surface area contributed by atoms with Gasteiger partial charge in [-0.3, -0.25) is 10.1 Å². The molecule has 1 aromatic heterocycles. The highest BCUT2D eigenvalue weighted by molar-refractivity contribution is 7.12. The van der Waals surface area contributed by atoms with Crippen LogP contribution in [0.1, 0.15) is 43.6 Å². The smallest absolute Gasteiger partial charge is 0.238 e. The highest BCUT2D eigenvalue weighted by Crippen LogP contribution is 2.34. The van der Waals surface area contributed by atoms with E-state index in [1.807, 2.05) is 4.90 Å². The Labute approximate surface area is 120 Å².